The van der Waals surface area contributed by atoms with Crippen LogP contribution in [0.25, 0.3) is 0 Å². The molecule has 0 aliphatic rings. The number of anilines is 1. The summed E-state index contributed by atoms with van der Waals surface area (Å²) in [4.78, 5) is 16.0. The van der Waals surface area contributed by atoms with Gasteiger partial charge >= 0.3 is 0 Å². The van der Waals surface area contributed by atoms with Crippen LogP contribution in [0.4, 0.5) is 5.69 Å². The minimum absolute atomic E-state index is 0. The maximum atomic E-state index is 11.9. The third kappa shape index (κ3) is 4.19. The number of carbonyl (C=O) groups is 1. The van der Waals surface area contributed by atoms with E-state index in [1.807, 2.05) is 25.6 Å². The zero-order valence-electron chi connectivity index (χ0n) is 12.4. The SMILES string of the molecule is Cc1nn(C)c(C)c1CNC(=O)Cc1ccc(N)cn1.Cl. The number of hydrogen-bond acceptors (Lipinski definition) is 4. The molecule has 0 atom stereocenters. The van der Waals surface area contributed by atoms with Gasteiger partial charge in [0.2, 0.25) is 5.91 Å². The van der Waals surface area contributed by atoms with Gasteiger partial charge in [-0.05, 0) is 26.0 Å². The van der Waals surface area contributed by atoms with Crippen molar-refractivity contribution < 1.29 is 4.79 Å². The first-order valence-electron chi connectivity index (χ1n) is 6.43. The molecule has 21 heavy (non-hydrogen) atoms. The molecule has 7 heteroatoms. The van der Waals surface area contributed by atoms with E-state index in [4.69, 9.17) is 5.73 Å². The number of nitrogen functional groups attached to an aromatic ring is 1. The van der Waals surface area contributed by atoms with Crippen molar-refractivity contribution in [2.24, 2.45) is 7.05 Å². The van der Waals surface area contributed by atoms with Gasteiger partial charge in [0.1, 0.15) is 0 Å². The number of aryl methyl sites for hydroxylation is 2. The lowest BCUT2D eigenvalue weighted by atomic mass is 10.2. The number of nitrogens with two attached hydrogens (primary N) is 1. The molecule has 2 rings (SSSR count). The second kappa shape index (κ2) is 7.08. The number of nitrogens with one attached hydrogen (secondary N) is 1. The summed E-state index contributed by atoms with van der Waals surface area (Å²) in [7, 11) is 1.89. The number of hydrogen-bond donors (Lipinski definition) is 2. The number of rotatable bonds is 4. The molecule has 3 N–H and O–H groups in total. The summed E-state index contributed by atoms with van der Waals surface area (Å²) in [5.74, 6) is -0.0649. The van der Waals surface area contributed by atoms with Gasteiger partial charge in [-0.2, -0.15) is 5.10 Å². The number of carbonyl (C=O) groups excluding carboxylic acids is 1. The molecule has 0 bridgehead atoms. The van der Waals surface area contributed by atoms with E-state index >= 15 is 0 Å². The van der Waals surface area contributed by atoms with Crippen molar-refractivity contribution >= 4 is 24.0 Å². The average molecular weight is 310 g/mol. The molecule has 0 saturated heterocycles. The zero-order valence-corrected chi connectivity index (χ0v) is 13.2. The maximum absolute atomic E-state index is 11.9. The van der Waals surface area contributed by atoms with Gasteiger partial charge < -0.3 is 11.1 Å². The number of halogens is 1. The van der Waals surface area contributed by atoms with E-state index in [0.29, 0.717) is 17.9 Å². The Morgan fingerprint density at radius 1 is 1.38 bits per heavy atom. The van der Waals surface area contributed by atoms with Crippen molar-refractivity contribution in [1.82, 2.24) is 20.1 Å². The smallest absolute Gasteiger partial charge is 0.226 e. The highest BCUT2D eigenvalue weighted by Crippen LogP contribution is 2.11. The lowest BCUT2D eigenvalue weighted by Crippen LogP contribution is -2.25. The van der Waals surface area contributed by atoms with E-state index in [2.05, 4.69) is 15.4 Å². The molecule has 2 heterocycles. The third-order valence-electron chi connectivity index (χ3n) is 3.31. The quantitative estimate of drug-likeness (QED) is 0.891. The van der Waals surface area contributed by atoms with Crippen LogP contribution in [-0.2, 0) is 24.8 Å². The molecule has 0 fully saturated rings. The van der Waals surface area contributed by atoms with Crippen LogP contribution in [0.3, 0.4) is 0 Å². The molecule has 1 amide bonds. The van der Waals surface area contributed by atoms with Crippen molar-refractivity contribution in [3.05, 3.63) is 41.0 Å². The topological polar surface area (TPSA) is 85.8 Å². The minimum Gasteiger partial charge on any atom is -0.397 e. The predicted octanol–water partition coefficient (Wildman–Crippen LogP) is 1.29. The highest BCUT2D eigenvalue weighted by atomic mass is 35.5. The molecule has 0 aromatic carbocycles. The van der Waals surface area contributed by atoms with Gasteiger partial charge in [-0.25, -0.2) is 0 Å². The molecule has 0 spiro atoms. The van der Waals surface area contributed by atoms with Crippen LogP contribution >= 0.6 is 12.4 Å². The molecule has 0 unspecified atom stereocenters. The largest absolute Gasteiger partial charge is 0.397 e. The predicted molar refractivity (Wildman–Crippen MR) is 84.1 cm³/mol. The molecule has 0 aliphatic carbocycles. The fraction of sp³-hybridized carbons (Fsp3) is 0.357. The molecular formula is C14H20ClN5O. The van der Waals surface area contributed by atoms with E-state index in [-0.39, 0.29) is 24.7 Å². The summed E-state index contributed by atoms with van der Waals surface area (Å²) in [5, 5.41) is 7.21. The van der Waals surface area contributed by atoms with Crippen LogP contribution in [-0.4, -0.2) is 20.7 Å². The maximum Gasteiger partial charge on any atom is 0.226 e. The number of pyridine rings is 1. The summed E-state index contributed by atoms with van der Waals surface area (Å²) in [5.41, 5.74) is 9.92. The number of amides is 1. The first kappa shape index (κ1) is 17.0. The van der Waals surface area contributed by atoms with Crippen LogP contribution < -0.4 is 11.1 Å². The van der Waals surface area contributed by atoms with Crippen molar-refractivity contribution in [1.29, 1.82) is 0 Å². The Balaban J connectivity index is 0.00000220. The van der Waals surface area contributed by atoms with Gasteiger partial charge in [-0.15, -0.1) is 12.4 Å². The summed E-state index contributed by atoms with van der Waals surface area (Å²) in [6.07, 6.45) is 1.80. The van der Waals surface area contributed by atoms with Gasteiger partial charge in [0.05, 0.1) is 24.0 Å². The molecule has 6 nitrogen and oxygen atoms in total. The monoisotopic (exact) mass is 309 g/mol. The number of aromatic nitrogens is 3. The first-order valence-corrected chi connectivity index (χ1v) is 6.43. The van der Waals surface area contributed by atoms with Crippen LogP contribution in [0, 0.1) is 13.8 Å². The number of nitrogens with zero attached hydrogens (tertiary/aromatic N) is 3. The molecule has 114 valence electrons. The van der Waals surface area contributed by atoms with E-state index in [9.17, 15) is 4.79 Å². The van der Waals surface area contributed by atoms with E-state index in [1.165, 1.54) is 0 Å². The highest BCUT2D eigenvalue weighted by Gasteiger charge is 2.11. The Hall–Kier alpha value is -2.08. The second-order valence-electron chi connectivity index (χ2n) is 4.81. The summed E-state index contributed by atoms with van der Waals surface area (Å²) >= 11 is 0. The molecule has 2 aromatic rings. The van der Waals surface area contributed by atoms with Gasteiger partial charge in [0.15, 0.2) is 0 Å². The summed E-state index contributed by atoms with van der Waals surface area (Å²) < 4.78 is 1.82. The standard InChI is InChI=1S/C14H19N5O.ClH/c1-9-13(10(2)19(3)18-9)8-17-14(20)6-12-5-4-11(15)7-16-12;/h4-5,7H,6,8,15H2,1-3H3,(H,17,20);1H. The Morgan fingerprint density at radius 3 is 2.62 bits per heavy atom. The van der Waals surface area contributed by atoms with Crippen LogP contribution in [0.1, 0.15) is 22.6 Å². The Bertz CT molecular complexity index is 621. The van der Waals surface area contributed by atoms with Crippen LogP contribution in [0.5, 0.6) is 0 Å². The van der Waals surface area contributed by atoms with Gasteiger partial charge in [-0.1, -0.05) is 0 Å². The second-order valence-corrected chi connectivity index (χ2v) is 4.81. The first-order chi connectivity index (χ1) is 9.47. The molecule has 0 saturated carbocycles. The Labute approximate surface area is 130 Å². The normalized spacial score (nSPS) is 10.0. The van der Waals surface area contributed by atoms with E-state index in [1.54, 1.807) is 18.3 Å². The molecule has 0 radical (unpaired) electrons. The highest BCUT2D eigenvalue weighted by molar-refractivity contribution is 5.85. The molecular weight excluding hydrogens is 290 g/mol. The lowest BCUT2D eigenvalue weighted by Gasteiger charge is -2.06. The van der Waals surface area contributed by atoms with Crippen LogP contribution in [0.15, 0.2) is 18.3 Å². The Kier molecular flexibility index (Phi) is 5.72. The average Bonchev–Trinajstić information content (AvgIpc) is 2.64. The van der Waals surface area contributed by atoms with Crippen molar-refractivity contribution in [3.63, 3.8) is 0 Å². The van der Waals surface area contributed by atoms with E-state index in [0.717, 1.165) is 17.0 Å². The summed E-state index contributed by atoms with van der Waals surface area (Å²) in [6, 6.07) is 3.50. The van der Waals surface area contributed by atoms with Crippen molar-refractivity contribution in [3.8, 4) is 0 Å². The third-order valence-corrected chi connectivity index (χ3v) is 3.31. The van der Waals surface area contributed by atoms with E-state index < -0.39 is 0 Å². The van der Waals surface area contributed by atoms with Gasteiger partial charge in [0.25, 0.3) is 0 Å². The van der Waals surface area contributed by atoms with Crippen molar-refractivity contribution in [2.45, 2.75) is 26.8 Å². The van der Waals surface area contributed by atoms with Crippen LogP contribution in [0.2, 0.25) is 0 Å². The van der Waals surface area contributed by atoms with Gasteiger partial charge in [0, 0.05) is 30.5 Å². The fourth-order valence-corrected chi connectivity index (χ4v) is 2.03. The minimum atomic E-state index is -0.0649. The van der Waals surface area contributed by atoms with Crippen molar-refractivity contribution in [2.75, 3.05) is 5.73 Å². The fourth-order valence-electron chi connectivity index (χ4n) is 2.03. The van der Waals surface area contributed by atoms with Gasteiger partial charge in [-0.3, -0.25) is 14.5 Å². The summed E-state index contributed by atoms with van der Waals surface area (Å²) in [6.45, 7) is 4.42. The Morgan fingerprint density at radius 2 is 2.10 bits per heavy atom. The molecule has 2 aromatic heterocycles. The lowest BCUT2D eigenvalue weighted by molar-refractivity contribution is -0.120. The molecule has 0 aliphatic heterocycles. The zero-order chi connectivity index (χ0) is 14.7.